The second-order valence-corrected chi connectivity index (χ2v) is 7.57. The third-order valence-electron chi connectivity index (χ3n) is 5.29. The first kappa shape index (κ1) is 15.3. The number of rotatable bonds is 3. The quantitative estimate of drug-likeness (QED) is 0.671. The van der Waals surface area contributed by atoms with Crippen LogP contribution in [-0.2, 0) is 6.42 Å². The van der Waals surface area contributed by atoms with Crippen molar-refractivity contribution >= 4 is 15.9 Å². The van der Waals surface area contributed by atoms with Crippen LogP contribution in [-0.4, -0.2) is 6.61 Å². The summed E-state index contributed by atoms with van der Waals surface area (Å²) in [5.41, 5.74) is 1.04. The smallest absolute Gasteiger partial charge is 0.137 e. The van der Waals surface area contributed by atoms with Gasteiger partial charge in [0.25, 0.3) is 0 Å². The van der Waals surface area contributed by atoms with Gasteiger partial charge in [0.05, 0.1) is 11.1 Å². The molecule has 1 aliphatic heterocycles. The van der Waals surface area contributed by atoms with Crippen molar-refractivity contribution in [1.29, 1.82) is 0 Å². The van der Waals surface area contributed by atoms with E-state index < -0.39 is 0 Å². The van der Waals surface area contributed by atoms with Crippen LogP contribution in [0.25, 0.3) is 0 Å². The van der Waals surface area contributed by atoms with Crippen LogP contribution in [0.15, 0.2) is 16.6 Å². The summed E-state index contributed by atoms with van der Waals surface area (Å²) < 4.78 is 20.1. The number of ether oxygens (including phenoxy) is 1. The molecular weight excluding hydrogens is 331 g/mol. The number of benzene rings is 1. The van der Waals surface area contributed by atoms with Gasteiger partial charge in [-0.15, -0.1) is 0 Å². The van der Waals surface area contributed by atoms with E-state index in [0.29, 0.717) is 10.4 Å². The summed E-state index contributed by atoms with van der Waals surface area (Å²) in [5.74, 6) is 2.96. The molecule has 1 aromatic rings. The van der Waals surface area contributed by atoms with Crippen molar-refractivity contribution in [3.05, 3.63) is 28.0 Å². The third kappa shape index (κ3) is 3.44. The molecule has 0 saturated heterocycles. The summed E-state index contributed by atoms with van der Waals surface area (Å²) in [6, 6.07) is 3.42. The van der Waals surface area contributed by atoms with Crippen LogP contribution in [0.3, 0.4) is 0 Å². The lowest BCUT2D eigenvalue weighted by molar-refractivity contribution is 0.125. The standard InChI is InChI=1S/C18H24BrFO/c1-2-3-12-4-6-13(7-5-12)15-8-14-9-17(20)16(19)10-18(14)21-11-15/h9-10,12-13,15H,2-8,11H2,1H3. The molecule has 1 fully saturated rings. The van der Waals surface area contributed by atoms with E-state index in [9.17, 15) is 4.39 Å². The Kier molecular flexibility index (Phi) is 4.88. The minimum atomic E-state index is -0.176. The minimum Gasteiger partial charge on any atom is -0.493 e. The van der Waals surface area contributed by atoms with Gasteiger partial charge in [-0.25, -0.2) is 4.39 Å². The summed E-state index contributed by atoms with van der Waals surface area (Å²) in [6.07, 6.45) is 9.06. The Balaban J connectivity index is 1.63. The van der Waals surface area contributed by atoms with Gasteiger partial charge in [0.2, 0.25) is 0 Å². The highest BCUT2D eigenvalue weighted by Gasteiger charge is 2.31. The number of halogens is 2. The van der Waals surface area contributed by atoms with Gasteiger partial charge in [-0.05, 0) is 70.6 Å². The molecule has 1 aliphatic carbocycles. The molecule has 116 valence electrons. The Morgan fingerprint density at radius 1 is 1.19 bits per heavy atom. The molecule has 1 unspecified atom stereocenters. The van der Waals surface area contributed by atoms with Gasteiger partial charge in [-0.2, -0.15) is 0 Å². The largest absolute Gasteiger partial charge is 0.493 e. The zero-order valence-corrected chi connectivity index (χ0v) is 14.3. The Hall–Kier alpha value is -0.570. The maximum absolute atomic E-state index is 13.7. The van der Waals surface area contributed by atoms with Gasteiger partial charge in [0.1, 0.15) is 11.6 Å². The van der Waals surface area contributed by atoms with Crippen LogP contribution < -0.4 is 4.74 Å². The van der Waals surface area contributed by atoms with Crippen LogP contribution in [0, 0.1) is 23.6 Å². The molecule has 0 aromatic heterocycles. The van der Waals surface area contributed by atoms with Crippen LogP contribution in [0.5, 0.6) is 5.75 Å². The lowest BCUT2D eigenvalue weighted by Gasteiger charge is -2.36. The van der Waals surface area contributed by atoms with Crippen LogP contribution in [0.4, 0.5) is 4.39 Å². The Morgan fingerprint density at radius 3 is 2.67 bits per heavy atom. The molecule has 3 heteroatoms. The topological polar surface area (TPSA) is 9.23 Å². The molecule has 3 rings (SSSR count). The van der Waals surface area contributed by atoms with Gasteiger partial charge >= 0.3 is 0 Å². The van der Waals surface area contributed by atoms with Gasteiger partial charge in [0, 0.05) is 0 Å². The maximum Gasteiger partial charge on any atom is 0.137 e. The number of fused-ring (bicyclic) bond motifs is 1. The number of hydrogen-bond donors (Lipinski definition) is 0. The first-order valence-corrected chi connectivity index (χ1v) is 9.07. The predicted octanol–water partition coefficient (Wildman–Crippen LogP) is 5.75. The second kappa shape index (κ2) is 6.68. The molecule has 21 heavy (non-hydrogen) atoms. The molecule has 0 spiro atoms. The molecule has 0 bridgehead atoms. The molecule has 1 saturated carbocycles. The highest BCUT2D eigenvalue weighted by atomic mass is 79.9. The molecule has 1 atom stereocenters. The van der Waals surface area contributed by atoms with Crippen LogP contribution in [0.2, 0.25) is 0 Å². The third-order valence-corrected chi connectivity index (χ3v) is 5.90. The normalized spacial score (nSPS) is 28.8. The van der Waals surface area contributed by atoms with Gasteiger partial charge in [0.15, 0.2) is 0 Å². The van der Waals surface area contributed by atoms with Gasteiger partial charge < -0.3 is 4.74 Å². The van der Waals surface area contributed by atoms with E-state index in [4.69, 9.17) is 4.74 Å². The van der Waals surface area contributed by atoms with E-state index in [2.05, 4.69) is 22.9 Å². The fourth-order valence-electron chi connectivity index (χ4n) is 4.06. The molecule has 0 radical (unpaired) electrons. The molecule has 1 nitrogen and oxygen atoms in total. The van der Waals surface area contributed by atoms with Crippen molar-refractivity contribution in [1.82, 2.24) is 0 Å². The van der Waals surface area contributed by atoms with Crippen molar-refractivity contribution in [2.45, 2.75) is 51.9 Å². The molecule has 0 amide bonds. The molecule has 2 aliphatic rings. The number of hydrogen-bond acceptors (Lipinski definition) is 1. The Bertz CT molecular complexity index is 494. The fourth-order valence-corrected chi connectivity index (χ4v) is 4.38. The van der Waals surface area contributed by atoms with Gasteiger partial charge in [-0.1, -0.05) is 32.6 Å². The lowest BCUT2D eigenvalue weighted by Crippen LogP contribution is -2.30. The zero-order chi connectivity index (χ0) is 14.8. The van der Waals surface area contributed by atoms with Crippen molar-refractivity contribution in [2.24, 2.45) is 17.8 Å². The van der Waals surface area contributed by atoms with E-state index in [-0.39, 0.29) is 5.82 Å². The predicted molar refractivity (Wildman–Crippen MR) is 87.1 cm³/mol. The molecule has 1 aromatic carbocycles. The average molecular weight is 355 g/mol. The summed E-state index contributed by atoms with van der Waals surface area (Å²) in [7, 11) is 0. The Labute approximate surface area is 135 Å². The van der Waals surface area contributed by atoms with E-state index in [1.807, 2.05) is 0 Å². The highest BCUT2D eigenvalue weighted by Crippen LogP contribution is 2.40. The fraction of sp³-hybridized carbons (Fsp3) is 0.667. The van der Waals surface area contributed by atoms with Crippen molar-refractivity contribution < 1.29 is 9.13 Å². The monoisotopic (exact) mass is 354 g/mol. The van der Waals surface area contributed by atoms with Crippen molar-refractivity contribution in [2.75, 3.05) is 6.61 Å². The maximum atomic E-state index is 13.7. The first-order chi connectivity index (χ1) is 10.2. The van der Waals surface area contributed by atoms with Crippen LogP contribution in [0.1, 0.15) is 51.0 Å². The molecule has 0 N–H and O–H groups in total. The summed E-state index contributed by atoms with van der Waals surface area (Å²) in [4.78, 5) is 0. The van der Waals surface area contributed by atoms with Crippen molar-refractivity contribution in [3.8, 4) is 5.75 Å². The van der Waals surface area contributed by atoms with E-state index in [0.717, 1.165) is 36.2 Å². The highest BCUT2D eigenvalue weighted by molar-refractivity contribution is 9.10. The second-order valence-electron chi connectivity index (χ2n) is 6.72. The van der Waals surface area contributed by atoms with Gasteiger partial charge in [-0.3, -0.25) is 0 Å². The first-order valence-electron chi connectivity index (χ1n) is 8.28. The van der Waals surface area contributed by atoms with E-state index in [1.54, 1.807) is 12.1 Å². The summed E-state index contributed by atoms with van der Waals surface area (Å²) in [5, 5.41) is 0. The summed E-state index contributed by atoms with van der Waals surface area (Å²) in [6.45, 7) is 3.08. The van der Waals surface area contributed by atoms with Crippen LogP contribution >= 0.6 is 15.9 Å². The zero-order valence-electron chi connectivity index (χ0n) is 12.7. The molecular formula is C18H24BrFO. The average Bonchev–Trinajstić information content (AvgIpc) is 2.49. The lowest BCUT2D eigenvalue weighted by atomic mass is 9.73. The summed E-state index contributed by atoms with van der Waals surface area (Å²) >= 11 is 3.23. The minimum absolute atomic E-state index is 0.176. The van der Waals surface area contributed by atoms with E-state index in [1.165, 1.54) is 38.5 Å². The molecule has 1 heterocycles. The Morgan fingerprint density at radius 2 is 1.95 bits per heavy atom. The van der Waals surface area contributed by atoms with E-state index >= 15 is 0 Å². The van der Waals surface area contributed by atoms with Crippen molar-refractivity contribution in [3.63, 3.8) is 0 Å². The SMILES string of the molecule is CCCC1CCC(C2COc3cc(Br)c(F)cc3C2)CC1.